The maximum Gasteiger partial charge on any atom is 0.415 e. The Balaban J connectivity index is 0.000000182. The molecule has 0 aliphatic carbocycles. The van der Waals surface area contributed by atoms with Gasteiger partial charge in [-0.1, -0.05) is 40.5 Å². The molecule has 3 amide bonds. The standard InChI is InChI=1S/C40H49N5O9.C35H41N5O7/c1-6-26-27-19-25(52-38(50)44-17-13-24(14-18-44)43-15-9-8-10-16-43)11-12-31(27)42-34-28(26)22-45-32(34)20-30-29(35(45)47)23-51-36(48)40(30,7-2)53-33(46)21-41-37(49)54-39(3,4)5;1-3-23-24-16-22(46-34(44)39-14-10-21(11-15-39)38-12-6-5-7-13-38)8-9-28(24)37-31-25(23)19-40-29(31)17-27-26(32(40)42)20-45-33(43)35(27,4-2)47-30(41)18-36/h11-12,19-20,24H,6-10,13-18,21-23H2,1-5H3,(H,41,49);8-9,16-17,21H,3-7,10-15,18-20,36H2,1-2H3. The quantitative estimate of drug-likeness (QED) is 0.0804. The summed E-state index contributed by atoms with van der Waals surface area (Å²) >= 11 is 0. The third-order valence-corrected chi connectivity index (χ3v) is 21.4. The Labute approximate surface area is 585 Å². The lowest BCUT2D eigenvalue weighted by molar-refractivity contribution is -0.188. The average Bonchev–Trinajstić information content (AvgIpc) is 1.64. The fraction of sp³-hybridized carbons (Fsp3) is 0.533. The number of nitrogens with one attached hydrogen (secondary N) is 1. The van der Waals surface area contributed by atoms with E-state index in [1.54, 1.807) is 77.8 Å². The van der Waals surface area contributed by atoms with Crippen LogP contribution in [0.15, 0.2) is 58.1 Å². The molecule has 14 rings (SSSR count). The summed E-state index contributed by atoms with van der Waals surface area (Å²) in [4.78, 5) is 137. The maximum atomic E-state index is 14.1. The van der Waals surface area contributed by atoms with E-state index in [-0.39, 0.29) is 79.1 Å². The molecule has 0 radical (unpaired) electrons. The van der Waals surface area contributed by atoms with Gasteiger partial charge in [0, 0.05) is 71.3 Å². The van der Waals surface area contributed by atoms with Crippen molar-refractivity contribution in [3.05, 3.63) is 114 Å². The van der Waals surface area contributed by atoms with Gasteiger partial charge in [-0.25, -0.2) is 33.9 Å². The predicted octanol–water partition coefficient (Wildman–Crippen LogP) is 8.77. The van der Waals surface area contributed by atoms with Crippen LogP contribution in [-0.4, -0.2) is 164 Å². The summed E-state index contributed by atoms with van der Waals surface area (Å²) in [6.07, 6.45) is 11.2. The van der Waals surface area contributed by atoms with E-state index in [1.807, 2.05) is 38.1 Å². The van der Waals surface area contributed by atoms with E-state index in [0.717, 1.165) is 84.9 Å². The number of rotatable bonds is 13. The Morgan fingerprint density at radius 3 is 1.37 bits per heavy atom. The monoisotopic (exact) mass is 1390 g/mol. The molecule has 4 fully saturated rings. The molecule has 26 nitrogen and oxygen atoms in total. The van der Waals surface area contributed by atoms with Crippen LogP contribution in [0.25, 0.3) is 44.6 Å². The van der Waals surface area contributed by atoms with Crippen LogP contribution in [0.2, 0.25) is 0 Å². The van der Waals surface area contributed by atoms with Gasteiger partial charge < -0.3 is 72.9 Å². The molecule has 12 heterocycles. The van der Waals surface area contributed by atoms with E-state index in [9.17, 15) is 43.2 Å². The van der Waals surface area contributed by atoms with Crippen LogP contribution in [0, 0.1) is 0 Å². The van der Waals surface area contributed by atoms with Crippen molar-refractivity contribution in [2.75, 3.05) is 65.4 Å². The number of pyridine rings is 4. The third-order valence-electron chi connectivity index (χ3n) is 21.4. The number of fused-ring (bicyclic) bond motifs is 10. The van der Waals surface area contributed by atoms with Gasteiger partial charge in [0.15, 0.2) is 0 Å². The summed E-state index contributed by atoms with van der Waals surface area (Å²) < 4.78 is 42.4. The van der Waals surface area contributed by atoms with Gasteiger partial charge in [0.1, 0.15) is 36.9 Å². The molecule has 0 spiro atoms. The number of aryl methyl sites for hydroxylation is 2. The Bertz CT molecular complexity index is 4440. The van der Waals surface area contributed by atoms with Crippen molar-refractivity contribution < 1.29 is 66.7 Å². The number of nitrogens with zero attached hydrogens (tertiary/aromatic N) is 8. The van der Waals surface area contributed by atoms with Gasteiger partial charge in [-0.3, -0.25) is 19.2 Å². The molecule has 2 atom stereocenters. The van der Waals surface area contributed by atoms with Crippen LogP contribution in [0.5, 0.6) is 11.5 Å². The Hall–Kier alpha value is -9.27. The highest BCUT2D eigenvalue weighted by atomic mass is 16.6. The molecular weight excluding hydrogens is 1300 g/mol. The molecule has 8 aliphatic rings. The van der Waals surface area contributed by atoms with Crippen molar-refractivity contribution in [3.63, 3.8) is 0 Å². The number of cyclic esters (lactones) is 2. The second kappa shape index (κ2) is 28.6. The molecule has 536 valence electrons. The third kappa shape index (κ3) is 13.4. The zero-order valence-corrected chi connectivity index (χ0v) is 58.8. The smallest absolute Gasteiger partial charge is 0.415 e. The number of piperidine rings is 4. The van der Waals surface area contributed by atoms with Gasteiger partial charge in [-0.15, -0.1) is 0 Å². The van der Waals surface area contributed by atoms with Gasteiger partial charge >= 0.3 is 42.2 Å². The van der Waals surface area contributed by atoms with Crippen molar-refractivity contribution >= 4 is 64.0 Å². The van der Waals surface area contributed by atoms with E-state index in [0.29, 0.717) is 102 Å². The highest BCUT2D eigenvalue weighted by Gasteiger charge is 2.52. The van der Waals surface area contributed by atoms with Crippen molar-refractivity contribution in [3.8, 4) is 34.3 Å². The van der Waals surface area contributed by atoms with Crippen molar-refractivity contribution in [2.24, 2.45) is 5.73 Å². The zero-order chi connectivity index (χ0) is 71.2. The largest absolute Gasteiger partial charge is 0.457 e. The number of hydrogen-bond donors (Lipinski definition) is 2. The number of hydrogen-bond acceptors (Lipinski definition) is 21. The molecule has 6 aromatic rings. The first kappa shape index (κ1) is 70.2. The van der Waals surface area contributed by atoms with Gasteiger partial charge in [-0.05, 0) is 184 Å². The number of likely N-dealkylation sites (tertiary alicyclic amines) is 4. The molecule has 3 N–H and O–H groups in total. The number of nitrogens with two attached hydrogens (primary N) is 1. The summed E-state index contributed by atoms with van der Waals surface area (Å²) in [5, 5.41) is 4.03. The van der Waals surface area contributed by atoms with Crippen LogP contribution in [-0.2, 0) is 93.2 Å². The number of aromatic nitrogens is 4. The number of alkyl carbamates (subject to hydrolysis) is 1. The minimum atomic E-state index is -1.91. The van der Waals surface area contributed by atoms with Gasteiger partial charge in [-0.2, -0.15) is 0 Å². The van der Waals surface area contributed by atoms with E-state index >= 15 is 0 Å². The highest BCUT2D eigenvalue weighted by Crippen LogP contribution is 2.45. The minimum absolute atomic E-state index is 0.0178. The number of esters is 4. The lowest BCUT2D eigenvalue weighted by Gasteiger charge is -2.39. The van der Waals surface area contributed by atoms with Crippen molar-refractivity contribution in [1.82, 2.24) is 44.0 Å². The fourth-order valence-electron chi connectivity index (χ4n) is 16.2. The van der Waals surface area contributed by atoms with E-state index < -0.39 is 59.9 Å². The summed E-state index contributed by atoms with van der Waals surface area (Å²) in [5.41, 5.74) is 8.65. The van der Waals surface area contributed by atoms with Crippen LogP contribution < -0.4 is 31.6 Å². The van der Waals surface area contributed by atoms with Crippen LogP contribution in [0.3, 0.4) is 0 Å². The van der Waals surface area contributed by atoms with Gasteiger partial charge in [0.25, 0.3) is 11.1 Å². The van der Waals surface area contributed by atoms with Gasteiger partial charge in [0.2, 0.25) is 11.2 Å². The molecule has 0 saturated carbocycles. The topological polar surface area (TPSA) is 305 Å². The normalized spacial score (nSPS) is 20.6. The predicted molar refractivity (Wildman–Crippen MR) is 371 cm³/mol. The second-order valence-electron chi connectivity index (χ2n) is 28.4. The second-order valence-corrected chi connectivity index (χ2v) is 28.4. The Kier molecular flexibility index (Phi) is 19.9. The average molecular weight is 1390 g/mol. The molecule has 101 heavy (non-hydrogen) atoms. The molecule has 8 aliphatic heterocycles. The van der Waals surface area contributed by atoms with Gasteiger partial charge in [0.05, 0.1) is 64.6 Å². The lowest BCUT2D eigenvalue weighted by atomic mass is 9.85. The number of ether oxygens (including phenoxy) is 7. The Morgan fingerprint density at radius 1 is 0.564 bits per heavy atom. The number of amides is 3. The molecule has 4 saturated heterocycles. The minimum Gasteiger partial charge on any atom is -0.457 e. The Morgan fingerprint density at radius 2 is 0.980 bits per heavy atom. The van der Waals surface area contributed by atoms with Crippen molar-refractivity contribution in [2.45, 2.75) is 194 Å². The first-order valence-electron chi connectivity index (χ1n) is 35.9. The van der Waals surface area contributed by atoms with E-state index in [2.05, 4.69) is 15.1 Å². The lowest BCUT2D eigenvalue weighted by Crippen LogP contribution is -2.49. The number of benzene rings is 2. The molecule has 4 aromatic heterocycles. The van der Waals surface area contributed by atoms with E-state index in [4.69, 9.17) is 48.9 Å². The zero-order valence-electron chi connectivity index (χ0n) is 58.8. The summed E-state index contributed by atoms with van der Waals surface area (Å²) in [6.45, 7) is 18.8. The molecule has 2 aromatic carbocycles. The molecule has 2 unspecified atom stereocenters. The molecular formula is C75H90N10O16. The number of carbonyl (C=O) groups is 7. The summed E-state index contributed by atoms with van der Waals surface area (Å²) in [5.74, 6) is -2.33. The van der Waals surface area contributed by atoms with Crippen LogP contribution in [0.4, 0.5) is 14.4 Å². The van der Waals surface area contributed by atoms with Crippen LogP contribution in [0.1, 0.15) is 170 Å². The van der Waals surface area contributed by atoms with Crippen LogP contribution >= 0.6 is 0 Å². The first-order valence-corrected chi connectivity index (χ1v) is 35.9. The fourth-order valence-corrected chi connectivity index (χ4v) is 16.2. The summed E-state index contributed by atoms with van der Waals surface area (Å²) in [7, 11) is 0. The highest BCUT2D eigenvalue weighted by molar-refractivity contribution is 5.93. The number of carbonyl (C=O) groups excluding carboxylic acids is 7. The molecule has 26 heteroatoms. The summed E-state index contributed by atoms with van der Waals surface area (Å²) in [6, 6.07) is 15.3. The first-order chi connectivity index (χ1) is 48.6. The maximum absolute atomic E-state index is 14.1. The van der Waals surface area contributed by atoms with E-state index in [1.165, 1.54) is 38.5 Å². The molecule has 0 bridgehead atoms. The van der Waals surface area contributed by atoms with Crippen molar-refractivity contribution in [1.29, 1.82) is 0 Å². The SMILES string of the molecule is CCc1c2c(nc3ccc(OC(=O)N4CCC(N5CCCCC5)CC4)cc13)-c1cc3c(c(=O)n1C2)COC(=O)C3(CC)OC(=O)CN.CCc1c2c(nc3ccc(OC(=O)N4CCC(N5CCCCC5)CC4)cc13)-c1cc3c(c(=O)n1C2)COC(=O)C3(CC)OC(=O)CNC(=O)OC(C)(C)C.